The number of ether oxygens (including phenoxy) is 1. The summed E-state index contributed by atoms with van der Waals surface area (Å²) >= 11 is 0. The maximum absolute atomic E-state index is 5.88. The summed E-state index contributed by atoms with van der Waals surface area (Å²) in [6.07, 6.45) is 0.929. The maximum Gasteiger partial charge on any atom is 0.123 e. The summed E-state index contributed by atoms with van der Waals surface area (Å²) in [5.41, 5.74) is 9.78. The van der Waals surface area contributed by atoms with Crippen molar-refractivity contribution >= 4 is 12.4 Å². The third kappa shape index (κ3) is 4.51. The maximum atomic E-state index is 5.88. The zero-order valence-corrected chi connectivity index (χ0v) is 12.9. The lowest BCUT2D eigenvalue weighted by atomic mass is 9.94. The van der Waals surface area contributed by atoms with E-state index in [4.69, 9.17) is 10.5 Å². The van der Waals surface area contributed by atoms with E-state index in [2.05, 4.69) is 32.9 Å². The normalized spacial score (nSPS) is 12.2. The van der Waals surface area contributed by atoms with Crippen LogP contribution in [-0.4, -0.2) is 12.6 Å². The van der Waals surface area contributed by atoms with E-state index >= 15 is 0 Å². The molecule has 1 rings (SSSR count). The number of hydrogen-bond donors (Lipinski definition) is 1. The molecule has 0 amide bonds. The molecule has 1 unspecified atom stereocenters. The van der Waals surface area contributed by atoms with Crippen molar-refractivity contribution in [1.82, 2.24) is 0 Å². The monoisotopic (exact) mass is 271 g/mol. The van der Waals surface area contributed by atoms with E-state index in [1.807, 2.05) is 13.8 Å². The van der Waals surface area contributed by atoms with Gasteiger partial charge in [-0.25, -0.2) is 0 Å². The Balaban J connectivity index is 0.00000289. The Morgan fingerprint density at radius 2 is 1.83 bits per heavy atom. The smallest absolute Gasteiger partial charge is 0.123 e. The zero-order chi connectivity index (χ0) is 13.0. The summed E-state index contributed by atoms with van der Waals surface area (Å²) < 4.78 is 5.71. The van der Waals surface area contributed by atoms with Crippen LogP contribution in [0.2, 0.25) is 0 Å². The van der Waals surface area contributed by atoms with Crippen LogP contribution in [0.4, 0.5) is 0 Å². The fraction of sp³-hybridized carbons (Fsp3) is 0.600. The van der Waals surface area contributed by atoms with Crippen molar-refractivity contribution < 1.29 is 4.74 Å². The van der Waals surface area contributed by atoms with E-state index < -0.39 is 0 Å². The molecule has 0 aliphatic heterocycles. The molecule has 0 heterocycles. The van der Waals surface area contributed by atoms with Crippen LogP contribution in [-0.2, 0) is 6.42 Å². The van der Waals surface area contributed by atoms with Gasteiger partial charge in [0.1, 0.15) is 5.75 Å². The topological polar surface area (TPSA) is 35.2 Å². The van der Waals surface area contributed by atoms with Crippen LogP contribution in [0.15, 0.2) is 12.1 Å². The second kappa shape index (κ2) is 7.65. The molecule has 2 N–H and O–H groups in total. The van der Waals surface area contributed by atoms with Crippen LogP contribution in [0.3, 0.4) is 0 Å². The average Bonchev–Trinajstić information content (AvgIpc) is 2.21. The highest BCUT2D eigenvalue weighted by Gasteiger charge is 2.12. The Bertz CT molecular complexity index is 375. The molecule has 0 bridgehead atoms. The summed E-state index contributed by atoms with van der Waals surface area (Å²) in [4.78, 5) is 0. The fourth-order valence-electron chi connectivity index (χ4n) is 2.04. The van der Waals surface area contributed by atoms with Gasteiger partial charge in [-0.3, -0.25) is 0 Å². The van der Waals surface area contributed by atoms with Crippen molar-refractivity contribution in [3.05, 3.63) is 28.8 Å². The molecule has 0 fully saturated rings. The Morgan fingerprint density at radius 3 is 2.28 bits per heavy atom. The lowest BCUT2D eigenvalue weighted by Gasteiger charge is -2.18. The first kappa shape index (κ1) is 17.3. The number of hydrogen-bond acceptors (Lipinski definition) is 2. The SMILES string of the molecule is CCOc1cc(C)c(CC(C)N)cc1C(C)C.Cl. The van der Waals surface area contributed by atoms with Crippen molar-refractivity contribution in [2.24, 2.45) is 5.73 Å². The predicted octanol–water partition coefficient (Wildman–Crippen LogP) is 3.83. The molecule has 2 nitrogen and oxygen atoms in total. The van der Waals surface area contributed by atoms with Crippen LogP contribution in [0, 0.1) is 6.92 Å². The third-order valence-electron chi connectivity index (χ3n) is 2.93. The van der Waals surface area contributed by atoms with Crippen LogP contribution in [0.25, 0.3) is 0 Å². The van der Waals surface area contributed by atoms with Gasteiger partial charge in [-0.05, 0) is 55.9 Å². The molecule has 0 aliphatic carbocycles. The number of nitrogens with two attached hydrogens (primary N) is 1. The van der Waals surface area contributed by atoms with Gasteiger partial charge in [-0.1, -0.05) is 19.9 Å². The number of rotatable bonds is 5. The Labute approximate surface area is 117 Å². The first-order valence-electron chi connectivity index (χ1n) is 6.47. The minimum atomic E-state index is 0. The van der Waals surface area contributed by atoms with Crippen LogP contribution in [0.5, 0.6) is 5.75 Å². The lowest BCUT2D eigenvalue weighted by molar-refractivity contribution is 0.335. The molecule has 0 aromatic heterocycles. The third-order valence-corrected chi connectivity index (χ3v) is 2.93. The first-order chi connectivity index (χ1) is 7.95. The lowest BCUT2D eigenvalue weighted by Crippen LogP contribution is -2.18. The van der Waals surface area contributed by atoms with E-state index in [0.717, 1.165) is 12.2 Å². The number of halogens is 1. The number of aryl methyl sites for hydroxylation is 1. The molecular weight excluding hydrogens is 246 g/mol. The molecule has 0 radical (unpaired) electrons. The van der Waals surface area contributed by atoms with Gasteiger partial charge >= 0.3 is 0 Å². The van der Waals surface area contributed by atoms with E-state index in [0.29, 0.717) is 12.5 Å². The van der Waals surface area contributed by atoms with Crippen LogP contribution >= 0.6 is 12.4 Å². The fourth-order valence-corrected chi connectivity index (χ4v) is 2.04. The minimum absolute atomic E-state index is 0. The average molecular weight is 272 g/mol. The second-order valence-electron chi connectivity index (χ2n) is 5.09. The van der Waals surface area contributed by atoms with Crippen molar-refractivity contribution in [3.63, 3.8) is 0 Å². The molecule has 18 heavy (non-hydrogen) atoms. The van der Waals surface area contributed by atoms with Gasteiger partial charge in [-0.2, -0.15) is 0 Å². The van der Waals surface area contributed by atoms with E-state index in [1.54, 1.807) is 0 Å². The zero-order valence-electron chi connectivity index (χ0n) is 12.1. The Kier molecular flexibility index (Phi) is 7.34. The van der Waals surface area contributed by atoms with E-state index in [9.17, 15) is 0 Å². The molecular formula is C15H26ClNO. The van der Waals surface area contributed by atoms with E-state index in [-0.39, 0.29) is 18.4 Å². The van der Waals surface area contributed by atoms with Gasteiger partial charge in [0.25, 0.3) is 0 Å². The highest BCUT2D eigenvalue weighted by atomic mass is 35.5. The van der Waals surface area contributed by atoms with Crippen LogP contribution < -0.4 is 10.5 Å². The van der Waals surface area contributed by atoms with Crippen molar-refractivity contribution in [2.45, 2.75) is 53.0 Å². The summed E-state index contributed by atoms with van der Waals surface area (Å²) in [5.74, 6) is 1.50. The van der Waals surface area contributed by atoms with Crippen LogP contribution in [0.1, 0.15) is 50.3 Å². The highest BCUT2D eigenvalue weighted by Crippen LogP contribution is 2.30. The minimum Gasteiger partial charge on any atom is -0.494 e. The van der Waals surface area contributed by atoms with Crippen molar-refractivity contribution in [3.8, 4) is 5.75 Å². The highest BCUT2D eigenvalue weighted by molar-refractivity contribution is 5.85. The van der Waals surface area contributed by atoms with Gasteiger partial charge in [0.2, 0.25) is 0 Å². The van der Waals surface area contributed by atoms with Gasteiger partial charge in [0, 0.05) is 6.04 Å². The van der Waals surface area contributed by atoms with Gasteiger partial charge < -0.3 is 10.5 Å². The molecule has 0 spiro atoms. The molecule has 3 heteroatoms. The summed E-state index contributed by atoms with van der Waals surface area (Å²) in [6, 6.07) is 4.61. The Hall–Kier alpha value is -0.730. The molecule has 104 valence electrons. The molecule has 0 saturated carbocycles. The Morgan fingerprint density at radius 1 is 1.22 bits per heavy atom. The van der Waals surface area contributed by atoms with Gasteiger partial charge in [-0.15, -0.1) is 12.4 Å². The van der Waals surface area contributed by atoms with Crippen molar-refractivity contribution in [2.75, 3.05) is 6.61 Å². The molecule has 1 aromatic carbocycles. The predicted molar refractivity (Wildman–Crippen MR) is 81.0 cm³/mol. The van der Waals surface area contributed by atoms with Gasteiger partial charge in [0.15, 0.2) is 0 Å². The summed E-state index contributed by atoms with van der Waals surface area (Å²) in [6.45, 7) is 11.3. The van der Waals surface area contributed by atoms with Crippen molar-refractivity contribution in [1.29, 1.82) is 0 Å². The van der Waals surface area contributed by atoms with E-state index in [1.165, 1.54) is 16.7 Å². The number of benzene rings is 1. The first-order valence-corrected chi connectivity index (χ1v) is 6.47. The largest absolute Gasteiger partial charge is 0.494 e. The summed E-state index contributed by atoms with van der Waals surface area (Å²) in [7, 11) is 0. The van der Waals surface area contributed by atoms with Gasteiger partial charge in [0.05, 0.1) is 6.61 Å². The summed E-state index contributed by atoms with van der Waals surface area (Å²) in [5, 5.41) is 0. The quantitative estimate of drug-likeness (QED) is 0.883. The molecule has 1 atom stereocenters. The molecule has 1 aromatic rings. The second-order valence-corrected chi connectivity index (χ2v) is 5.09. The standard InChI is InChI=1S/C15H25NO.ClH/c1-6-17-15-7-11(4)13(8-12(5)16)9-14(15)10(2)3;/h7,9-10,12H,6,8,16H2,1-5H3;1H. The molecule has 0 saturated heterocycles. The molecule has 0 aliphatic rings.